The number of hydrogen-bond donors (Lipinski definition) is 2. The second-order valence-electron chi connectivity index (χ2n) is 10.4. The molecule has 2 N–H and O–H groups in total. The summed E-state index contributed by atoms with van der Waals surface area (Å²) in [5.74, 6) is 0.389. The van der Waals surface area contributed by atoms with E-state index < -0.39 is 0 Å². The van der Waals surface area contributed by atoms with Crippen molar-refractivity contribution >= 4 is 28.4 Å². The first-order valence-electron chi connectivity index (χ1n) is 12.2. The highest BCUT2D eigenvalue weighted by Gasteiger charge is 2.26. The molecule has 4 heterocycles. The van der Waals surface area contributed by atoms with E-state index in [0.29, 0.717) is 34.1 Å². The van der Waals surface area contributed by atoms with Gasteiger partial charge in [0.15, 0.2) is 5.65 Å². The molecule has 0 saturated heterocycles. The zero-order valence-corrected chi connectivity index (χ0v) is 21.3. The first kappa shape index (κ1) is 23.7. The van der Waals surface area contributed by atoms with Crippen molar-refractivity contribution in [2.24, 2.45) is 0 Å². The van der Waals surface area contributed by atoms with Gasteiger partial charge in [-0.25, -0.2) is 19.2 Å². The Kier molecular flexibility index (Phi) is 5.85. The number of nitrogens with one attached hydrogen (secondary N) is 2. The summed E-state index contributed by atoms with van der Waals surface area (Å²) in [4.78, 5) is 31.0. The molecule has 0 amide bonds. The Morgan fingerprint density at radius 2 is 1.97 bits per heavy atom. The summed E-state index contributed by atoms with van der Waals surface area (Å²) in [5.41, 5.74) is 5.07. The lowest BCUT2D eigenvalue weighted by molar-refractivity contribution is 0.475. The maximum atomic E-state index is 13.4. The van der Waals surface area contributed by atoms with E-state index in [2.05, 4.69) is 37.6 Å². The van der Waals surface area contributed by atoms with Crippen molar-refractivity contribution in [2.45, 2.75) is 59.0 Å². The Bertz CT molecular complexity index is 1570. The molecule has 184 valence electrons. The van der Waals surface area contributed by atoms with Crippen LogP contribution < -0.4 is 16.2 Å². The molecule has 0 atom stereocenters. The summed E-state index contributed by atoms with van der Waals surface area (Å²) in [6.07, 6.45) is 4.22. The van der Waals surface area contributed by atoms with E-state index in [1.54, 1.807) is 27.8 Å². The predicted molar refractivity (Wildman–Crippen MR) is 141 cm³/mol. The van der Waals surface area contributed by atoms with Crippen LogP contribution in [-0.4, -0.2) is 30.9 Å². The topological polar surface area (TPSA) is 94.0 Å². The summed E-state index contributed by atoms with van der Waals surface area (Å²) in [6, 6.07) is 7.86. The van der Waals surface area contributed by atoms with Gasteiger partial charge in [0.1, 0.15) is 5.39 Å². The molecule has 0 spiro atoms. The number of pyridine rings is 1. The molecular weight excluding hydrogens is 452 g/mol. The van der Waals surface area contributed by atoms with Crippen molar-refractivity contribution in [1.82, 2.24) is 29.6 Å². The summed E-state index contributed by atoms with van der Waals surface area (Å²) in [5, 5.41) is 7.09. The molecule has 0 saturated carbocycles. The van der Waals surface area contributed by atoms with Crippen LogP contribution in [0.1, 0.15) is 57.5 Å². The van der Waals surface area contributed by atoms with Crippen LogP contribution in [0, 0.1) is 6.57 Å². The Labute approximate surface area is 210 Å². The van der Waals surface area contributed by atoms with E-state index >= 15 is 0 Å². The van der Waals surface area contributed by atoms with Gasteiger partial charge in [-0.05, 0) is 61.6 Å². The van der Waals surface area contributed by atoms with E-state index in [1.165, 1.54) is 11.1 Å². The Hall–Kier alpha value is -4.03. The summed E-state index contributed by atoms with van der Waals surface area (Å²) in [6.45, 7) is 19.7. The third-order valence-corrected chi connectivity index (χ3v) is 6.41. The van der Waals surface area contributed by atoms with Crippen molar-refractivity contribution < 1.29 is 0 Å². The minimum Gasteiger partial charge on any atom is -0.324 e. The number of hydrogen-bond acceptors (Lipinski definition) is 6. The normalized spacial score (nSPS) is 13.6. The standard InChI is InChI=1S/C27H30N8O/c1-16(2)34-25(36)20-15-31-26(32-19-8-7-18-14-29-11-9-17(18)13-19)33-24(20)35(34)21-10-12-30-23(22(21)28-6)27(3,4)5/h7-8,10,12-13,15-16,29H,9,11,14H2,1-5H3,(H,31,32,33). The van der Waals surface area contributed by atoms with Gasteiger partial charge in [-0.3, -0.25) is 9.78 Å². The highest BCUT2D eigenvalue weighted by Crippen LogP contribution is 2.36. The first-order chi connectivity index (χ1) is 17.2. The SMILES string of the molecule is [C-]#[N+]c1c(-n2c3nc(Nc4ccc5c(c4)CCNC5)ncc3c(=O)n2C(C)C)ccnc1C(C)(C)C. The van der Waals surface area contributed by atoms with Crippen LogP contribution in [0.4, 0.5) is 17.3 Å². The molecular formula is C27H30N8O. The molecule has 4 aromatic rings. The number of anilines is 2. The third kappa shape index (κ3) is 4.03. The fraction of sp³-hybridized carbons (Fsp3) is 0.370. The summed E-state index contributed by atoms with van der Waals surface area (Å²) >= 11 is 0. The van der Waals surface area contributed by atoms with Gasteiger partial charge < -0.3 is 10.6 Å². The second kappa shape index (κ2) is 8.88. The van der Waals surface area contributed by atoms with Crippen LogP contribution >= 0.6 is 0 Å². The Balaban J connectivity index is 1.69. The van der Waals surface area contributed by atoms with Crippen molar-refractivity contribution in [3.63, 3.8) is 0 Å². The molecule has 0 unspecified atom stereocenters. The molecule has 0 fully saturated rings. The average Bonchev–Trinajstić information content (AvgIpc) is 3.14. The molecule has 1 aromatic carbocycles. The van der Waals surface area contributed by atoms with Crippen LogP contribution in [0.3, 0.4) is 0 Å². The van der Waals surface area contributed by atoms with Gasteiger partial charge >= 0.3 is 0 Å². The third-order valence-electron chi connectivity index (χ3n) is 6.41. The second-order valence-corrected chi connectivity index (χ2v) is 10.4. The molecule has 3 aromatic heterocycles. The van der Waals surface area contributed by atoms with Crippen LogP contribution in [0.5, 0.6) is 0 Å². The molecule has 36 heavy (non-hydrogen) atoms. The number of benzene rings is 1. The highest BCUT2D eigenvalue weighted by molar-refractivity contribution is 5.80. The smallest absolute Gasteiger partial charge is 0.278 e. The maximum absolute atomic E-state index is 13.4. The minimum atomic E-state index is -0.342. The fourth-order valence-electron chi connectivity index (χ4n) is 4.72. The van der Waals surface area contributed by atoms with Gasteiger partial charge in [0.2, 0.25) is 11.6 Å². The van der Waals surface area contributed by atoms with Crippen molar-refractivity contribution in [1.29, 1.82) is 0 Å². The Morgan fingerprint density at radius 3 is 2.69 bits per heavy atom. The van der Waals surface area contributed by atoms with Gasteiger partial charge in [-0.1, -0.05) is 26.8 Å². The summed E-state index contributed by atoms with van der Waals surface area (Å²) in [7, 11) is 0. The summed E-state index contributed by atoms with van der Waals surface area (Å²) < 4.78 is 3.38. The molecule has 9 heteroatoms. The van der Waals surface area contributed by atoms with Gasteiger partial charge in [-0.15, -0.1) is 0 Å². The van der Waals surface area contributed by atoms with Gasteiger partial charge in [0.25, 0.3) is 5.56 Å². The quantitative estimate of drug-likeness (QED) is 0.406. The first-order valence-corrected chi connectivity index (χ1v) is 12.2. The molecule has 0 radical (unpaired) electrons. The van der Waals surface area contributed by atoms with E-state index in [4.69, 9.17) is 11.6 Å². The van der Waals surface area contributed by atoms with E-state index in [0.717, 1.165) is 25.2 Å². The molecule has 1 aliphatic heterocycles. The van der Waals surface area contributed by atoms with Gasteiger partial charge in [0.05, 0.1) is 18.0 Å². The van der Waals surface area contributed by atoms with Crippen LogP contribution in [0.15, 0.2) is 41.5 Å². The Morgan fingerprint density at radius 1 is 1.17 bits per heavy atom. The van der Waals surface area contributed by atoms with Crippen molar-refractivity contribution in [3.8, 4) is 5.69 Å². The van der Waals surface area contributed by atoms with Gasteiger partial charge in [-0.2, -0.15) is 4.98 Å². The average molecular weight is 483 g/mol. The maximum Gasteiger partial charge on any atom is 0.278 e. The molecule has 9 nitrogen and oxygen atoms in total. The molecule has 0 aliphatic carbocycles. The number of fused-ring (bicyclic) bond motifs is 2. The fourth-order valence-corrected chi connectivity index (χ4v) is 4.72. The van der Waals surface area contributed by atoms with Crippen LogP contribution in [0.25, 0.3) is 21.6 Å². The molecule has 1 aliphatic rings. The van der Waals surface area contributed by atoms with Gasteiger partial charge in [0, 0.05) is 30.7 Å². The van der Waals surface area contributed by atoms with Crippen LogP contribution in [0.2, 0.25) is 0 Å². The van der Waals surface area contributed by atoms with E-state index in [1.807, 2.05) is 40.7 Å². The molecule has 5 rings (SSSR count). The van der Waals surface area contributed by atoms with E-state index in [9.17, 15) is 4.79 Å². The zero-order chi connectivity index (χ0) is 25.6. The number of aromatic nitrogens is 5. The predicted octanol–water partition coefficient (Wildman–Crippen LogP) is 4.80. The lowest BCUT2D eigenvalue weighted by Gasteiger charge is -2.22. The van der Waals surface area contributed by atoms with Crippen molar-refractivity contribution in [2.75, 3.05) is 11.9 Å². The molecule has 0 bridgehead atoms. The lowest BCUT2D eigenvalue weighted by atomic mass is 9.90. The van der Waals surface area contributed by atoms with E-state index in [-0.39, 0.29) is 17.0 Å². The largest absolute Gasteiger partial charge is 0.324 e. The van der Waals surface area contributed by atoms with Crippen molar-refractivity contribution in [3.05, 3.63) is 75.3 Å². The lowest BCUT2D eigenvalue weighted by Crippen LogP contribution is -2.24. The monoisotopic (exact) mass is 482 g/mol. The van der Waals surface area contributed by atoms with Crippen LogP contribution in [-0.2, 0) is 18.4 Å². The number of rotatable bonds is 4. The highest BCUT2D eigenvalue weighted by atomic mass is 16.1. The minimum absolute atomic E-state index is 0.165. The number of nitrogens with zero attached hydrogens (tertiary/aromatic N) is 6. The zero-order valence-electron chi connectivity index (χ0n) is 21.3.